The Kier molecular flexibility index (Phi) is 4.50. The van der Waals surface area contributed by atoms with Crippen molar-refractivity contribution < 1.29 is 9.90 Å². The van der Waals surface area contributed by atoms with E-state index in [0.29, 0.717) is 17.9 Å². The van der Waals surface area contributed by atoms with Crippen molar-refractivity contribution in [2.75, 3.05) is 18.1 Å². The number of thioether (sulfide) groups is 1. The van der Waals surface area contributed by atoms with Crippen LogP contribution in [-0.4, -0.2) is 39.2 Å². The molecule has 2 N–H and O–H groups in total. The second-order valence-corrected chi connectivity index (χ2v) is 7.27. The molecule has 1 fully saturated rings. The second-order valence-electron chi connectivity index (χ2n) is 6.17. The molecule has 1 unspecified atom stereocenters. The second kappa shape index (κ2) is 6.42. The van der Waals surface area contributed by atoms with Gasteiger partial charge in [-0.2, -0.15) is 11.8 Å². The smallest absolute Gasteiger partial charge is 0.253 e. The summed E-state index contributed by atoms with van der Waals surface area (Å²) in [5, 5.41) is 13.3. The Balaban J connectivity index is 1.79. The van der Waals surface area contributed by atoms with Crippen LogP contribution in [0.4, 0.5) is 0 Å². The summed E-state index contributed by atoms with van der Waals surface area (Å²) in [4.78, 5) is 12.5. The molecule has 1 atom stereocenters. The van der Waals surface area contributed by atoms with Gasteiger partial charge in [0.05, 0.1) is 11.2 Å². The minimum absolute atomic E-state index is 0.120. The number of nitrogens with zero attached hydrogens (tertiary/aromatic N) is 1. The zero-order valence-electron chi connectivity index (χ0n) is 13.5. The highest BCUT2D eigenvalue weighted by atomic mass is 32.2. The molecule has 1 aromatic carbocycles. The van der Waals surface area contributed by atoms with Gasteiger partial charge in [-0.1, -0.05) is 18.2 Å². The molecule has 0 bridgehead atoms. The first-order chi connectivity index (χ1) is 11.0. The largest absolute Gasteiger partial charge is 0.387 e. The van der Waals surface area contributed by atoms with E-state index in [4.69, 9.17) is 0 Å². The normalized spacial score (nSPS) is 20.7. The van der Waals surface area contributed by atoms with E-state index in [9.17, 15) is 9.90 Å². The molecular formula is C18H22N2O2S. The highest BCUT2D eigenvalue weighted by molar-refractivity contribution is 7.99. The first-order valence-corrected chi connectivity index (χ1v) is 8.98. The lowest BCUT2D eigenvalue weighted by molar-refractivity contribution is 0.0612. The van der Waals surface area contributed by atoms with E-state index in [1.807, 2.05) is 50.2 Å². The summed E-state index contributed by atoms with van der Waals surface area (Å²) in [6, 6.07) is 11.9. The van der Waals surface area contributed by atoms with Crippen LogP contribution in [0.3, 0.4) is 0 Å². The van der Waals surface area contributed by atoms with Crippen molar-refractivity contribution in [1.29, 1.82) is 0 Å². The Morgan fingerprint density at radius 1 is 1.35 bits per heavy atom. The standard InChI is InChI=1S/C18H22N2O2S/c1-13-10-16(14(2)20(13)15-6-4-3-5-7-15)17(21)19-11-18(22)8-9-23-12-18/h3-7,10,22H,8-9,11-12H2,1-2H3,(H,19,21). The Labute approximate surface area is 140 Å². The van der Waals surface area contributed by atoms with E-state index in [-0.39, 0.29) is 5.91 Å². The number of rotatable bonds is 4. The summed E-state index contributed by atoms with van der Waals surface area (Å²) in [6.07, 6.45) is 0.737. The number of nitrogens with one attached hydrogen (secondary N) is 1. The fourth-order valence-electron chi connectivity index (χ4n) is 3.04. The van der Waals surface area contributed by atoms with Crippen LogP contribution in [0.2, 0.25) is 0 Å². The average molecular weight is 330 g/mol. The predicted octanol–water partition coefficient (Wildman–Crippen LogP) is 2.69. The van der Waals surface area contributed by atoms with Gasteiger partial charge in [0.15, 0.2) is 0 Å². The van der Waals surface area contributed by atoms with Crippen molar-refractivity contribution in [3.05, 3.63) is 53.3 Å². The highest BCUT2D eigenvalue weighted by Gasteiger charge is 2.32. The molecular weight excluding hydrogens is 308 g/mol. The zero-order valence-corrected chi connectivity index (χ0v) is 14.3. The quantitative estimate of drug-likeness (QED) is 0.906. The molecule has 1 aromatic heterocycles. The summed E-state index contributed by atoms with van der Waals surface area (Å²) in [7, 11) is 0. The number of carbonyl (C=O) groups is 1. The van der Waals surface area contributed by atoms with Crippen molar-refractivity contribution in [3.8, 4) is 5.69 Å². The summed E-state index contributed by atoms with van der Waals surface area (Å²) in [5.41, 5.74) is 2.89. The van der Waals surface area contributed by atoms with Crippen molar-refractivity contribution in [1.82, 2.24) is 9.88 Å². The van der Waals surface area contributed by atoms with Gasteiger partial charge in [-0.05, 0) is 44.2 Å². The number of aryl methyl sites for hydroxylation is 1. The Morgan fingerprint density at radius 2 is 2.09 bits per heavy atom. The first-order valence-electron chi connectivity index (χ1n) is 7.83. The van der Waals surface area contributed by atoms with Gasteiger partial charge in [-0.3, -0.25) is 4.79 Å². The van der Waals surface area contributed by atoms with Gasteiger partial charge >= 0.3 is 0 Å². The molecule has 5 heteroatoms. The molecule has 2 heterocycles. The van der Waals surface area contributed by atoms with Crippen LogP contribution in [0, 0.1) is 13.8 Å². The number of hydrogen-bond acceptors (Lipinski definition) is 3. The third-order valence-corrected chi connectivity index (χ3v) is 5.58. The molecule has 23 heavy (non-hydrogen) atoms. The number of aliphatic hydroxyl groups is 1. The van der Waals surface area contributed by atoms with E-state index < -0.39 is 5.60 Å². The van der Waals surface area contributed by atoms with E-state index >= 15 is 0 Å². The lowest BCUT2D eigenvalue weighted by Crippen LogP contribution is -2.43. The van der Waals surface area contributed by atoms with Crippen LogP contribution in [0.1, 0.15) is 28.2 Å². The SMILES string of the molecule is Cc1cc(C(=O)NCC2(O)CCSC2)c(C)n1-c1ccccc1. The lowest BCUT2D eigenvalue weighted by Gasteiger charge is -2.21. The molecule has 1 aliphatic heterocycles. The van der Waals surface area contributed by atoms with Crippen molar-refractivity contribution in [2.24, 2.45) is 0 Å². The Hall–Kier alpha value is -1.72. The molecule has 1 saturated heterocycles. The van der Waals surface area contributed by atoms with Gasteiger partial charge in [-0.15, -0.1) is 0 Å². The van der Waals surface area contributed by atoms with Crippen molar-refractivity contribution in [2.45, 2.75) is 25.9 Å². The number of hydrogen-bond donors (Lipinski definition) is 2. The van der Waals surface area contributed by atoms with Crippen molar-refractivity contribution in [3.63, 3.8) is 0 Å². The molecule has 3 rings (SSSR count). The van der Waals surface area contributed by atoms with E-state index in [0.717, 1.165) is 29.2 Å². The van der Waals surface area contributed by atoms with Crippen LogP contribution >= 0.6 is 11.8 Å². The summed E-state index contributed by atoms with van der Waals surface area (Å²) < 4.78 is 2.08. The molecule has 2 aromatic rings. The summed E-state index contributed by atoms with van der Waals surface area (Å²) in [5.74, 6) is 1.52. The molecule has 0 radical (unpaired) electrons. The molecule has 1 amide bonds. The number of aromatic nitrogens is 1. The molecule has 122 valence electrons. The van der Waals surface area contributed by atoms with Gasteiger partial charge in [0.25, 0.3) is 5.91 Å². The van der Waals surface area contributed by atoms with Gasteiger partial charge in [0, 0.05) is 29.4 Å². The molecule has 0 spiro atoms. The first kappa shape index (κ1) is 16.1. The summed E-state index contributed by atoms with van der Waals surface area (Å²) >= 11 is 1.73. The maximum Gasteiger partial charge on any atom is 0.253 e. The Morgan fingerprint density at radius 3 is 2.74 bits per heavy atom. The fraction of sp³-hybridized carbons (Fsp3) is 0.389. The van der Waals surface area contributed by atoms with Crippen LogP contribution < -0.4 is 5.32 Å². The molecule has 4 nitrogen and oxygen atoms in total. The van der Waals surface area contributed by atoms with Crippen LogP contribution in [-0.2, 0) is 0 Å². The lowest BCUT2D eigenvalue weighted by atomic mass is 10.0. The van der Waals surface area contributed by atoms with E-state index in [1.54, 1.807) is 11.8 Å². The number of para-hydroxylation sites is 1. The maximum absolute atomic E-state index is 12.5. The highest BCUT2D eigenvalue weighted by Crippen LogP contribution is 2.27. The van der Waals surface area contributed by atoms with Gasteiger partial charge < -0.3 is 15.0 Å². The number of benzene rings is 1. The maximum atomic E-state index is 12.5. The van der Waals surface area contributed by atoms with Crippen LogP contribution in [0.5, 0.6) is 0 Å². The molecule has 0 saturated carbocycles. The van der Waals surface area contributed by atoms with Crippen molar-refractivity contribution >= 4 is 17.7 Å². The fourth-order valence-corrected chi connectivity index (χ4v) is 4.34. The molecule has 1 aliphatic rings. The topological polar surface area (TPSA) is 54.3 Å². The zero-order chi connectivity index (χ0) is 16.4. The minimum Gasteiger partial charge on any atom is -0.387 e. The Bertz CT molecular complexity index is 703. The van der Waals surface area contributed by atoms with Gasteiger partial charge in [0.2, 0.25) is 0 Å². The van der Waals surface area contributed by atoms with Gasteiger partial charge in [0.1, 0.15) is 0 Å². The number of amides is 1. The van der Waals surface area contributed by atoms with E-state index in [1.165, 1.54) is 0 Å². The van der Waals surface area contributed by atoms with Crippen LogP contribution in [0.15, 0.2) is 36.4 Å². The average Bonchev–Trinajstić information content (AvgIpc) is 3.10. The van der Waals surface area contributed by atoms with E-state index in [2.05, 4.69) is 9.88 Å². The summed E-state index contributed by atoms with van der Waals surface area (Å²) in [6.45, 7) is 4.26. The van der Waals surface area contributed by atoms with Crippen LogP contribution in [0.25, 0.3) is 5.69 Å². The minimum atomic E-state index is -0.759. The number of carbonyl (C=O) groups excluding carboxylic acids is 1. The van der Waals surface area contributed by atoms with Gasteiger partial charge in [-0.25, -0.2) is 0 Å². The third-order valence-electron chi connectivity index (χ3n) is 4.35. The monoisotopic (exact) mass is 330 g/mol. The predicted molar refractivity (Wildman–Crippen MR) is 94.5 cm³/mol. The molecule has 0 aliphatic carbocycles. The third kappa shape index (κ3) is 3.31.